The van der Waals surface area contributed by atoms with E-state index in [1.807, 2.05) is 0 Å². The van der Waals surface area contributed by atoms with Gasteiger partial charge in [0.2, 0.25) is 5.91 Å². The van der Waals surface area contributed by atoms with Crippen molar-refractivity contribution in [1.29, 1.82) is 0 Å². The molecule has 5 nitrogen and oxygen atoms in total. The predicted molar refractivity (Wildman–Crippen MR) is 128 cm³/mol. The lowest BCUT2D eigenvalue weighted by atomic mass is 9.94. The number of amides is 1. The number of rotatable bonds is 3. The van der Waals surface area contributed by atoms with Crippen molar-refractivity contribution in [1.82, 2.24) is 14.9 Å². The van der Waals surface area contributed by atoms with Gasteiger partial charge in [-0.05, 0) is 43.7 Å². The molecule has 0 saturated carbocycles. The third-order valence-corrected chi connectivity index (χ3v) is 8.05. The van der Waals surface area contributed by atoms with E-state index in [1.54, 1.807) is 17.7 Å². The van der Waals surface area contributed by atoms with Gasteiger partial charge in [0.1, 0.15) is 17.0 Å². The molecule has 2 aliphatic rings. The summed E-state index contributed by atoms with van der Waals surface area (Å²) in [5, 5.41) is 1.17. The Kier molecular flexibility index (Phi) is 5.90. The van der Waals surface area contributed by atoms with Gasteiger partial charge in [-0.25, -0.2) is 9.97 Å². The molecule has 162 valence electrons. The Bertz CT molecular complexity index is 1050. The molecule has 5 rings (SSSR count). The Balaban J connectivity index is 1.35. The molecule has 6 heteroatoms. The summed E-state index contributed by atoms with van der Waals surface area (Å²) in [7, 11) is 0. The zero-order chi connectivity index (χ0) is 21.2. The van der Waals surface area contributed by atoms with Crippen molar-refractivity contribution in [3.05, 3.63) is 42.2 Å². The second kappa shape index (κ2) is 8.95. The number of thiophene rings is 1. The number of piperidine rings is 1. The van der Waals surface area contributed by atoms with E-state index in [1.165, 1.54) is 34.2 Å². The van der Waals surface area contributed by atoms with E-state index in [-0.39, 0.29) is 5.92 Å². The van der Waals surface area contributed by atoms with E-state index >= 15 is 0 Å². The lowest BCUT2D eigenvalue weighted by Gasteiger charge is -2.35. The highest BCUT2D eigenvalue weighted by Crippen LogP contribution is 2.41. The zero-order valence-electron chi connectivity index (χ0n) is 18.2. The number of likely N-dealkylation sites (tertiary alicyclic amines) is 1. The van der Waals surface area contributed by atoms with Crippen molar-refractivity contribution in [2.75, 3.05) is 31.1 Å². The van der Waals surface area contributed by atoms with E-state index in [0.717, 1.165) is 62.5 Å². The third-order valence-electron chi connectivity index (χ3n) is 6.80. The summed E-state index contributed by atoms with van der Waals surface area (Å²) in [5.41, 5.74) is 2.49. The average Bonchev–Trinajstić information content (AvgIpc) is 2.99. The Hall–Kier alpha value is -2.47. The Morgan fingerprint density at radius 2 is 1.68 bits per heavy atom. The van der Waals surface area contributed by atoms with Crippen molar-refractivity contribution in [3.63, 3.8) is 0 Å². The summed E-state index contributed by atoms with van der Waals surface area (Å²) in [4.78, 5) is 29.1. The van der Waals surface area contributed by atoms with Crippen LogP contribution in [-0.2, 0) is 4.79 Å². The SMILES string of the molecule is Cc1c(-c2ccccc2)sc2ncnc(N3CCC(C(=O)N4CCCCCC4)CC3)c12. The van der Waals surface area contributed by atoms with Crippen LogP contribution in [0.5, 0.6) is 0 Å². The molecule has 0 atom stereocenters. The molecular weight excluding hydrogens is 404 g/mol. The topological polar surface area (TPSA) is 49.3 Å². The number of fused-ring (bicyclic) bond motifs is 1. The highest BCUT2D eigenvalue weighted by molar-refractivity contribution is 7.22. The maximum absolute atomic E-state index is 13.1. The van der Waals surface area contributed by atoms with Gasteiger partial charge in [-0.15, -0.1) is 11.3 Å². The maximum Gasteiger partial charge on any atom is 0.225 e. The second-order valence-electron chi connectivity index (χ2n) is 8.80. The van der Waals surface area contributed by atoms with Crippen LogP contribution in [0, 0.1) is 12.8 Å². The smallest absolute Gasteiger partial charge is 0.225 e. The van der Waals surface area contributed by atoms with E-state index < -0.39 is 0 Å². The molecule has 2 aromatic heterocycles. The van der Waals surface area contributed by atoms with Crippen LogP contribution in [0.15, 0.2) is 36.7 Å². The van der Waals surface area contributed by atoms with Crippen LogP contribution in [0.25, 0.3) is 20.7 Å². The monoisotopic (exact) mass is 434 g/mol. The number of hydrogen-bond donors (Lipinski definition) is 0. The minimum atomic E-state index is 0.162. The fraction of sp³-hybridized carbons (Fsp3) is 0.480. The van der Waals surface area contributed by atoms with Gasteiger partial charge in [-0.2, -0.15) is 0 Å². The third kappa shape index (κ3) is 4.05. The van der Waals surface area contributed by atoms with Crippen LogP contribution in [0.4, 0.5) is 5.82 Å². The molecule has 1 aromatic carbocycles. The molecule has 3 aromatic rings. The highest BCUT2D eigenvalue weighted by atomic mass is 32.1. The minimum Gasteiger partial charge on any atom is -0.356 e. The Morgan fingerprint density at radius 1 is 0.968 bits per heavy atom. The van der Waals surface area contributed by atoms with Crippen molar-refractivity contribution in [2.45, 2.75) is 45.4 Å². The number of nitrogens with zero attached hydrogens (tertiary/aromatic N) is 4. The maximum atomic E-state index is 13.1. The standard InChI is InChI=1S/C25H30N4OS/c1-18-21-23(26-17-27-24(21)31-22(18)19-9-5-4-6-10-19)28-15-11-20(12-16-28)25(30)29-13-7-2-3-8-14-29/h4-6,9-10,17,20H,2-3,7-8,11-16H2,1H3. The van der Waals surface area contributed by atoms with E-state index in [2.05, 4.69) is 52.0 Å². The van der Waals surface area contributed by atoms with Gasteiger partial charge in [0, 0.05) is 37.0 Å². The van der Waals surface area contributed by atoms with Crippen molar-refractivity contribution >= 4 is 33.3 Å². The second-order valence-corrected chi connectivity index (χ2v) is 9.80. The van der Waals surface area contributed by atoms with E-state index in [0.29, 0.717) is 5.91 Å². The van der Waals surface area contributed by atoms with E-state index in [9.17, 15) is 4.79 Å². The average molecular weight is 435 g/mol. The minimum absolute atomic E-state index is 0.162. The molecule has 2 saturated heterocycles. The molecule has 4 heterocycles. The summed E-state index contributed by atoms with van der Waals surface area (Å²) >= 11 is 1.74. The highest BCUT2D eigenvalue weighted by Gasteiger charge is 2.30. The van der Waals surface area contributed by atoms with Crippen LogP contribution in [0.3, 0.4) is 0 Å². The molecule has 0 spiro atoms. The van der Waals surface area contributed by atoms with Gasteiger partial charge in [-0.1, -0.05) is 43.2 Å². The Labute approximate surface area is 188 Å². The van der Waals surface area contributed by atoms with Crippen LogP contribution in [-0.4, -0.2) is 47.0 Å². The van der Waals surface area contributed by atoms with Crippen molar-refractivity contribution in [2.24, 2.45) is 5.92 Å². The molecule has 2 aliphatic heterocycles. The van der Waals surface area contributed by atoms with Gasteiger partial charge in [0.15, 0.2) is 0 Å². The quantitative estimate of drug-likeness (QED) is 0.562. The lowest BCUT2D eigenvalue weighted by Crippen LogP contribution is -2.43. The summed E-state index contributed by atoms with van der Waals surface area (Å²) < 4.78 is 0. The molecule has 0 N–H and O–H groups in total. The van der Waals surface area contributed by atoms with Gasteiger partial charge in [0.05, 0.1) is 5.39 Å². The number of aryl methyl sites for hydroxylation is 1. The molecule has 0 aliphatic carbocycles. The number of aromatic nitrogens is 2. The number of carbonyl (C=O) groups excluding carboxylic acids is 1. The van der Waals surface area contributed by atoms with Gasteiger partial charge in [0.25, 0.3) is 0 Å². The first kappa shape index (κ1) is 20.4. The zero-order valence-corrected chi connectivity index (χ0v) is 19.0. The van der Waals surface area contributed by atoms with Crippen molar-refractivity contribution < 1.29 is 4.79 Å². The molecule has 0 radical (unpaired) electrons. The van der Waals surface area contributed by atoms with Crippen LogP contribution in [0.2, 0.25) is 0 Å². The number of carbonyl (C=O) groups is 1. The van der Waals surface area contributed by atoms with Gasteiger partial charge in [-0.3, -0.25) is 4.79 Å². The number of hydrogen-bond acceptors (Lipinski definition) is 5. The predicted octanol–water partition coefficient (Wildman–Crippen LogP) is 5.29. The number of anilines is 1. The fourth-order valence-electron chi connectivity index (χ4n) is 5.05. The first-order chi connectivity index (χ1) is 15.2. The van der Waals surface area contributed by atoms with Gasteiger partial charge < -0.3 is 9.80 Å². The molecular formula is C25H30N4OS. The first-order valence-electron chi connectivity index (χ1n) is 11.6. The molecule has 2 fully saturated rings. The fourth-order valence-corrected chi connectivity index (χ4v) is 6.19. The Morgan fingerprint density at radius 3 is 2.39 bits per heavy atom. The molecule has 0 bridgehead atoms. The normalized spacial score (nSPS) is 18.4. The van der Waals surface area contributed by atoms with Crippen LogP contribution in [0.1, 0.15) is 44.1 Å². The van der Waals surface area contributed by atoms with Crippen LogP contribution >= 0.6 is 11.3 Å². The number of benzene rings is 1. The molecule has 0 unspecified atom stereocenters. The van der Waals surface area contributed by atoms with Crippen LogP contribution < -0.4 is 4.90 Å². The van der Waals surface area contributed by atoms with Crippen molar-refractivity contribution in [3.8, 4) is 10.4 Å². The molecule has 1 amide bonds. The molecule has 31 heavy (non-hydrogen) atoms. The largest absolute Gasteiger partial charge is 0.356 e. The summed E-state index contributed by atoms with van der Waals surface area (Å²) in [6.07, 6.45) is 8.35. The summed E-state index contributed by atoms with van der Waals surface area (Å²) in [6, 6.07) is 10.5. The first-order valence-corrected chi connectivity index (χ1v) is 12.4. The summed E-state index contributed by atoms with van der Waals surface area (Å²) in [5.74, 6) is 1.57. The van der Waals surface area contributed by atoms with Gasteiger partial charge >= 0.3 is 0 Å². The summed E-state index contributed by atoms with van der Waals surface area (Å²) in [6.45, 7) is 5.84. The van der Waals surface area contributed by atoms with E-state index in [4.69, 9.17) is 4.98 Å². The lowest BCUT2D eigenvalue weighted by molar-refractivity contribution is -0.136.